The molecule has 1 rings (SSSR count). The average molecular weight is 246 g/mol. The van der Waals surface area contributed by atoms with Gasteiger partial charge in [0.15, 0.2) is 0 Å². The highest BCUT2D eigenvalue weighted by molar-refractivity contribution is 9.11. The second-order valence-corrected chi connectivity index (χ2v) is 5.11. The molecule has 1 aromatic heterocycles. The second-order valence-electron chi connectivity index (χ2n) is 2.61. The van der Waals surface area contributed by atoms with Crippen LogP contribution in [0.3, 0.4) is 0 Å². The average Bonchev–Trinajstić information content (AvgIpc) is 2.47. The van der Waals surface area contributed by atoms with Gasteiger partial charge in [0.1, 0.15) is 0 Å². The fourth-order valence-corrected chi connectivity index (χ4v) is 2.43. The van der Waals surface area contributed by atoms with E-state index in [1.807, 2.05) is 12.1 Å². The SMILES string of the molecule is C=CCC[C@H](N)c1ccc(Br)s1. The van der Waals surface area contributed by atoms with Gasteiger partial charge in [-0.2, -0.15) is 0 Å². The number of hydrogen-bond acceptors (Lipinski definition) is 2. The van der Waals surface area contributed by atoms with Crippen LogP contribution in [0.25, 0.3) is 0 Å². The van der Waals surface area contributed by atoms with Crippen molar-refractivity contribution in [3.8, 4) is 0 Å². The summed E-state index contributed by atoms with van der Waals surface area (Å²) in [6, 6.07) is 4.27. The molecule has 0 unspecified atom stereocenters. The highest BCUT2D eigenvalue weighted by Crippen LogP contribution is 2.28. The van der Waals surface area contributed by atoms with Crippen molar-refractivity contribution in [3.63, 3.8) is 0 Å². The Kier molecular flexibility index (Phi) is 3.98. The number of hydrogen-bond donors (Lipinski definition) is 1. The topological polar surface area (TPSA) is 26.0 Å². The molecular weight excluding hydrogens is 234 g/mol. The maximum Gasteiger partial charge on any atom is 0.0701 e. The lowest BCUT2D eigenvalue weighted by atomic mass is 10.1. The fraction of sp³-hybridized carbons (Fsp3) is 0.333. The first-order chi connectivity index (χ1) is 5.74. The van der Waals surface area contributed by atoms with Crippen LogP contribution >= 0.6 is 27.3 Å². The first-order valence-electron chi connectivity index (χ1n) is 3.85. The summed E-state index contributed by atoms with van der Waals surface area (Å²) in [5, 5.41) is 0. The van der Waals surface area contributed by atoms with Gasteiger partial charge in [0.25, 0.3) is 0 Å². The standard InChI is InChI=1S/C9H12BrNS/c1-2-3-4-7(11)8-5-6-9(10)12-8/h2,5-7H,1,3-4,11H2/t7-/m0/s1. The van der Waals surface area contributed by atoms with Gasteiger partial charge in [-0.25, -0.2) is 0 Å². The molecule has 0 aliphatic rings. The van der Waals surface area contributed by atoms with E-state index in [9.17, 15) is 0 Å². The lowest BCUT2D eigenvalue weighted by molar-refractivity contribution is 0.673. The Morgan fingerprint density at radius 3 is 2.92 bits per heavy atom. The third-order valence-electron chi connectivity index (χ3n) is 1.64. The van der Waals surface area contributed by atoms with Crippen LogP contribution in [0.15, 0.2) is 28.6 Å². The number of halogens is 1. The van der Waals surface area contributed by atoms with Crippen LogP contribution in [0.4, 0.5) is 0 Å². The Morgan fingerprint density at radius 1 is 1.67 bits per heavy atom. The molecule has 0 fully saturated rings. The molecular formula is C9H12BrNS. The van der Waals surface area contributed by atoms with Crippen molar-refractivity contribution in [3.05, 3.63) is 33.5 Å². The minimum Gasteiger partial charge on any atom is -0.323 e. The smallest absolute Gasteiger partial charge is 0.0701 e. The van der Waals surface area contributed by atoms with Crippen LogP contribution in [0, 0.1) is 0 Å². The largest absolute Gasteiger partial charge is 0.323 e. The molecule has 0 saturated carbocycles. The third kappa shape index (κ3) is 2.73. The quantitative estimate of drug-likeness (QED) is 0.809. The summed E-state index contributed by atoms with van der Waals surface area (Å²) < 4.78 is 1.14. The number of allylic oxidation sites excluding steroid dienone is 1. The Hall–Kier alpha value is -0.120. The summed E-state index contributed by atoms with van der Waals surface area (Å²) >= 11 is 5.12. The van der Waals surface area contributed by atoms with Crippen molar-refractivity contribution < 1.29 is 0 Å². The molecule has 0 aliphatic carbocycles. The molecule has 1 aromatic rings. The predicted octanol–water partition coefficient (Wildman–Crippen LogP) is 3.48. The zero-order valence-corrected chi connectivity index (χ0v) is 9.20. The van der Waals surface area contributed by atoms with E-state index in [0.29, 0.717) is 0 Å². The van der Waals surface area contributed by atoms with Gasteiger partial charge in [0.05, 0.1) is 3.79 Å². The van der Waals surface area contributed by atoms with Crippen molar-refractivity contribution in [2.45, 2.75) is 18.9 Å². The zero-order valence-electron chi connectivity index (χ0n) is 6.79. The summed E-state index contributed by atoms with van der Waals surface area (Å²) in [6.45, 7) is 3.67. The van der Waals surface area contributed by atoms with Gasteiger partial charge in [-0.3, -0.25) is 0 Å². The number of nitrogens with two attached hydrogens (primary N) is 1. The maximum absolute atomic E-state index is 5.94. The molecule has 2 N–H and O–H groups in total. The number of rotatable bonds is 4. The predicted molar refractivity (Wildman–Crippen MR) is 58.4 cm³/mol. The monoisotopic (exact) mass is 245 g/mol. The summed E-state index contributed by atoms with van der Waals surface area (Å²) in [4.78, 5) is 1.24. The first-order valence-corrected chi connectivity index (χ1v) is 5.46. The van der Waals surface area contributed by atoms with Crippen molar-refractivity contribution >= 4 is 27.3 Å². The van der Waals surface area contributed by atoms with Crippen LogP contribution in [0.1, 0.15) is 23.8 Å². The van der Waals surface area contributed by atoms with E-state index in [2.05, 4.69) is 28.6 Å². The highest BCUT2D eigenvalue weighted by Gasteiger charge is 2.06. The van der Waals surface area contributed by atoms with Crippen LogP contribution in [0.5, 0.6) is 0 Å². The Bertz CT molecular complexity index is 257. The van der Waals surface area contributed by atoms with E-state index < -0.39 is 0 Å². The van der Waals surface area contributed by atoms with Crippen LogP contribution in [0.2, 0.25) is 0 Å². The zero-order chi connectivity index (χ0) is 8.97. The first kappa shape index (κ1) is 9.96. The highest BCUT2D eigenvalue weighted by atomic mass is 79.9. The van der Waals surface area contributed by atoms with Gasteiger partial charge in [-0.05, 0) is 40.9 Å². The van der Waals surface area contributed by atoms with E-state index in [0.717, 1.165) is 16.6 Å². The van der Waals surface area contributed by atoms with E-state index in [4.69, 9.17) is 5.73 Å². The molecule has 1 nitrogen and oxygen atoms in total. The van der Waals surface area contributed by atoms with Gasteiger partial charge >= 0.3 is 0 Å². The van der Waals surface area contributed by atoms with Crippen molar-refractivity contribution in [2.75, 3.05) is 0 Å². The van der Waals surface area contributed by atoms with E-state index in [1.165, 1.54) is 4.88 Å². The lowest BCUT2D eigenvalue weighted by Gasteiger charge is -2.06. The molecule has 0 amide bonds. The van der Waals surface area contributed by atoms with Crippen molar-refractivity contribution in [1.82, 2.24) is 0 Å². The van der Waals surface area contributed by atoms with E-state index >= 15 is 0 Å². The van der Waals surface area contributed by atoms with E-state index in [-0.39, 0.29) is 6.04 Å². The van der Waals surface area contributed by atoms with Gasteiger partial charge in [0, 0.05) is 10.9 Å². The van der Waals surface area contributed by atoms with Crippen LogP contribution in [-0.4, -0.2) is 0 Å². The second kappa shape index (κ2) is 4.80. The normalized spacial score (nSPS) is 12.8. The Balaban J connectivity index is 2.52. The molecule has 0 radical (unpaired) electrons. The summed E-state index contributed by atoms with van der Waals surface area (Å²) in [6.07, 6.45) is 3.87. The minimum atomic E-state index is 0.166. The molecule has 0 spiro atoms. The maximum atomic E-state index is 5.94. The molecule has 0 aliphatic heterocycles. The Morgan fingerprint density at radius 2 is 2.42 bits per heavy atom. The van der Waals surface area contributed by atoms with Gasteiger partial charge in [0.2, 0.25) is 0 Å². The van der Waals surface area contributed by atoms with Crippen LogP contribution in [-0.2, 0) is 0 Å². The summed E-state index contributed by atoms with van der Waals surface area (Å²) in [7, 11) is 0. The summed E-state index contributed by atoms with van der Waals surface area (Å²) in [5.74, 6) is 0. The van der Waals surface area contributed by atoms with Crippen LogP contribution < -0.4 is 5.73 Å². The number of thiophene rings is 1. The molecule has 1 atom stereocenters. The molecule has 0 saturated heterocycles. The molecule has 12 heavy (non-hydrogen) atoms. The molecule has 66 valence electrons. The van der Waals surface area contributed by atoms with Crippen molar-refractivity contribution in [2.24, 2.45) is 5.73 Å². The van der Waals surface area contributed by atoms with Gasteiger partial charge in [-0.1, -0.05) is 6.08 Å². The molecule has 0 aromatic carbocycles. The molecule has 3 heteroatoms. The molecule has 1 heterocycles. The Labute approximate surface area is 85.4 Å². The lowest BCUT2D eigenvalue weighted by Crippen LogP contribution is -2.07. The summed E-state index contributed by atoms with van der Waals surface area (Å²) in [5.41, 5.74) is 5.94. The minimum absolute atomic E-state index is 0.166. The fourth-order valence-electron chi connectivity index (χ4n) is 0.967. The van der Waals surface area contributed by atoms with Gasteiger partial charge < -0.3 is 5.73 Å². The van der Waals surface area contributed by atoms with Gasteiger partial charge in [-0.15, -0.1) is 17.9 Å². The third-order valence-corrected chi connectivity index (χ3v) is 3.40. The molecule has 0 bridgehead atoms. The van der Waals surface area contributed by atoms with E-state index in [1.54, 1.807) is 11.3 Å². The van der Waals surface area contributed by atoms with Crippen molar-refractivity contribution in [1.29, 1.82) is 0 Å².